The highest BCUT2D eigenvalue weighted by molar-refractivity contribution is 5.85. The zero-order chi connectivity index (χ0) is 39.9. The molecule has 0 nitrogen and oxygen atoms in total. The molecule has 0 N–H and O–H groups in total. The van der Waals surface area contributed by atoms with E-state index < -0.39 is 0 Å². The molecule has 6 rings (SSSR count). The zero-order valence-corrected chi connectivity index (χ0v) is 37.5. The fraction of sp³-hybridized carbons (Fsp3) is 0.571. The Morgan fingerprint density at radius 2 is 1.07 bits per heavy atom. The highest BCUT2D eigenvalue weighted by atomic mass is 14.5. The van der Waals surface area contributed by atoms with E-state index in [9.17, 15) is 0 Å². The minimum atomic E-state index is -0.109. The number of unbranched alkanes of at least 4 members (excludes halogenated alkanes) is 9. The summed E-state index contributed by atoms with van der Waals surface area (Å²) in [4.78, 5) is 0. The molecule has 0 fully saturated rings. The van der Waals surface area contributed by atoms with Gasteiger partial charge in [-0.3, -0.25) is 0 Å². The number of fused-ring (bicyclic) bond motifs is 4. The molecule has 0 heterocycles. The van der Waals surface area contributed by atoms with Crippen molar-refractivity contribution in [2.45, 2.75) is 202 Å². The lowest BCUT2D eigenvalue weighted by atomic mass is 9.67. The first kappa shape index (κ1) is 42.5. The average molecular weight is 751 g/mol. The Bertz CT molecular complexity index is 1820. The molecular weight excluding hydrogens is 673 g/mol. The Hall–Kier alpha value is -3.12. The molecule has 0 amide bonds. The summed E-state index contributed by atoms with van der Waals surface area (Å²) in [5.41, 5.74) is 22.0. The van der Waals surface area contributed by atoms with E-state index in [2.05, 4.69) is 123 Å². The monoisotopic (exact) mass is 751 g/mol. The van der Waals surface area contributed by atoms with E-state index in [0.29, 0.717) is 5.41 Å². The van der Waals surface area contributed by atoms with Crippen molar-refractivity contribution in [3.63, 3.8) is 0 Å². The van der Waals surface area contributed by atoms with Crippen molar-refractivity contribution in [1.29, 1.82) is 0 Å². The number of aryl methyl sites for hydroxylation is 7. The van der Waals surface area contributed by atoms with Gasteiger partial charge in [-0.2, -0.15) is 0 Å². The summed E-state index contributed by atoms with van der Waals surface area (Å²) in [7, 11) is 0. The Labute approximate surface area is 344 Å². The molecule has 4 aromatic carbocycles. The van der Waals surface area contributed by atoms with Gasteiger partial charge in [-0.05, 0) is 174 Å². The highest BCUT2D eigenvalue weighted by Gasteiger charge is 2.45. The lowest BCUT2D eigenvalue weighted by molar-refractivity contribution is 0.323. The van der Waals surface area contributed by atoms with Crippen molar-refractivity contribution < 1.29 is 0 Å². The molecule has 2 aliphatic carbocycles. The predicted octanol–water partition coefficient (Wildman–Crippen LogP) is 16.3. The molecule has 0 spiro atoms. The standard InChI is InChI=1S/C56H78/c1-10-14-16-20-25-43-32-44(26-21-17-15-11-2)35-49(34-43)56(29-23-19-18-22-24-42-27-28-50-47(33-42)36-48(50)39-55(7,8)9)53-30-40(5)45(12-3)37-51(53)52-38-46(13-4)41(6)31-54(52)56/h27-28,30-35,37-38,48H,10-26,29,36,39H2,1-9H3. The van der Waals surface area contributed by atoms with Crippen LogP contribution in [0.5, 0.6) is 0 Å². The molecule has 0 saturated carbocycles. The van der Waals surface area contributed by atoms with E-state index >= 15 is 0 Å². The maximum atomic E-state index is 2.68. The summed E-state index contributed by atoms with van der Waals surface area (Å²) < 4.78 is 0. The fourth-order valence-electron chi connectivity index (χ4n) is 10.7. The average Bonchev–Trinajstić information content (AvgIpc) is 3.42. The molecule has 0 aliphatic heterocycles. The largest absolute Gasteiger partial charge is 0.0654 e. The quantitative estimate of drug-likeness (QED) is 0.0744. The van der Waals surface area contributed by atoms with Gasteiger partial charge >= 0.3 is 0 Å². The molecule has 302 valence electrons. The normalized spacial score (nSPS) is 15.4. The maximum Gasteiger partial charge on any atom is 0.0464 e. The summed E-state index contributed by atoms with van der Waals surface area (Å²) in [5, 5.41) is 0. The minimum Gasteiger partial charge on any atom is -0.0654 e. The van der Waals surface area contributed by atoms with Gasteiger partial charge in [0, 0.05) is 5.41 Å². The Balaban J connectivity index is 1.31. The molecule has 4 aromatic rings. The lowest BCUT2D eigenvalue weighted by Gasteiger charge is -2.35. The van der Waals surface area contributed by atoms with Crippen LogP contribution in [0.2, 0.25) is 0 Å². The van der Waals surface area contributed by atoms with Crippen molar-refractivity contribution >= 4 is 0 Å². The number of hydrogen-bond donors (Lipinski definition) is 0. The topological polar surface area (TPSA) is 0 Å². The molecular formula is C56H78. The summed E-state index contributed by atoms with van der Waals surface area (Å²) in [6.45, 7) is 21.2. The minimum absolute atomic E-state index is 0.109. The van der Waals surface area contributed by atoms with E-state index in [1.54, 1.807) is 44.5 Å². The van der Waals surface area contributed by atoms with Crippen LogP contribution < -0.4 is 0 Å². The smallest absolute Gasteiger partial charge is 0.0464 e. The van der Waals surface area contributed by atoms with Gasteiger partial charge < -0.3 is 0 Å². The van der Waals surface area contributed by atoms with Gasteiger partial charge in [0.1, 0.15) is 0 Å². The van der Waals surface area contributed by atoms with Crippen LogP contribution >= 0.6 is 0 Å². The van der Waals surface area contributed by atoms with E-state index in [1.165, 1.54) is 149 Å². The van der Waals surface area contributed by atoms with Crippen molar-refractivity contribution in [1.82, 2.24) is 0 Å². The molecule has 0 heteroatoms. The summed E-state index contributed by atoms with van der Waals surface area (Å²) in [6.07, 6.45) is 25.3. The highest BCUT2D eigenvalue weighted by Crippen LogP contribution is 2.57. The molecule has 0 aromatic heterocycles. The van der Waals surface area contributed by atoms with Crippen molar-refractivity contribution in [2.75, 3.05) is 0 Å². The zero-order valence-electron chi connectivity index (χ0n) is 37.5. The Morgan fingerprint density at radius 1 is 0.554 bits per heavy atom. The first-order valence-electron chi connectivity index (χ1n) is 23.5. The van der Waals surface area contributed by atoms with E-state index in [-0.39, 0.29) is 5.41 Å². The van der Waals surface area contributed by atoms with Crippen molar-refractivity contribution in [2.24, 2.45) is 5.41 Å². The second kappa shape index (κ2) is 19.1. The molecule has 0 bridgehead atoms. The van der Waals surface area contributed by atoms with E-state index in [0.717, 1.165) is 18.8 Å². The van der Waals surface area contributed by atoms with Crippen LogP contribution in [0.3, 0.4) is 0 Å². The lowest BCUT2D eigenvalue weighted by Crippen LogP contribution is -2.28. The number of hydrogen-bond acceptors (Lipinski definition) is 0. The fourth-order valence-corrected chi connectivity index (χ4v) is 10.7. The van der Waals surface area contributed by atoms with Gasteiger partial charge in [0.25, 0.3) is 0 Å². The number of benzene rings is 4. The summed E-state index contributed by atoms with van der Waals surface area (Å²) in [6, 6.07) is 25.9. The molecule has 1 unspecified atom stereocenters. The second-order valence-electron chi connectivity index (χ2n) is 19.5. The summed E-state index contributed by atoms with van der Waals surface area (Å²) in [5.74, 6) is 0.769. The van der Waals surface area contributed by atoms with Gasteiger partial charge in [-0.15, -0.1) is 0 Å². The molecule has 56 heavy (non-hydrogen) atoms. The molecule has 0 radical (unpaired) electrons. The molecule has 2 aliphatic rings. The van der Waals surface area contributed by atoms with Gasteiger partial charge in [0.15, 0.2) is 0 Å². The van der Waals surface area contributed by atoms with Crippen LogP contribution in [0.4, 0.5) is 0 Å². The number of rotatable bonds is 21. The van der Waals surface area contributed by atoms with Crippen LogP contribution in [0.15, 0.2) is 60.7 Å². The summed E-state index contributed by atoms with van der Waals surface area (Å²) >= 11 is 0. The molecule has 1 atom stereocenters. The first-order valence-corrected chi connectivity index (χ1v) is 23.5. The Kier molecular flexibility index (Phi) is 14.5. The Morgan fingerprint density at radius 3 is 1.57 bits per heavy atom. The van der Waals surface area contributed by atoms with Crippen molar-refractivity contribution in [3.8, 4) is 11.1 Å². The van der Waals surface area contributed by atoms with Crippen LogP contribution in [-0.2, 0) is 43.9 Å². The molecule has 0 saturated heterocycles. The van der Waals surface area contributed by atoms with E-state index in [4.69, 9.17) is 0 Å². The third-order valence-corrected chi connectivity index (χ3v) is 13.8. The predicted molar refractivity (Wildman–Crippen MR) is 246 cm³/mol. The first-order chi connectivity index (χ1) is 27.0. The van der Waals surface area contributed by atoms with Gasteiger partial charge in [0.05, 0.1) is 0 Å². The van der Waals surface area contributed by atoms with Crippen LogP contribution in [0.1, 0.15) is 211 Å². The van der Waals surface area contributed by atoms with Crippen LogP contribution in [0.25, 0.3) is 11.1 Å². The SMILES string of the molecule is CCCCCCc1cc(CCCCCC)cc(C2(CCCCCCc3ccc4c(c3)CC4CC(C)(C)C)c3cc(C)c(CC)cc3-c3cc(CC)c(C)cc32)c1. The van der Waals surface area contributed by atoms with E-state index in [1.807, 2.05) is 0 Å². The third-order valence-electron chi connectivity index (χ3n) is 13.8. The maximum absolute atomic E-state index is 2.68. The second-order valence-corrected chi connectivity index (χ2v) is 19.5. The van der Waals surface area contributed by atoms with Gasteiger partial charge in [-0.25, -0.2) is 0 Å². The third kappa shape index (κ3) is 9.59. The van der Waals surface area contributed by atoms with Gasteiger partial charge in [0.2, 0.25) is 0 Å². The van der Waals surface area contributed by atoms with Gasteiger partial charge in [-0.1, -0.05) is 167 Å². The van der Waals surface area contributed by atoms with Crippen LogP contribution in [-0.4, -0.2) is 0 Å². The van der Waals surface area contributed by atoms with Crippen molar-refractivity contribution in [3.05, 3.63) is 127 Å². The van der Waals surface area contributed by atoms with Crippen LogP contribution in [0, 0.1) is 19.3 Å².